The normalized spacial score (nSPS) is 31.5. The van der Waals surface area contributed by atoms with Gasteiger partial charge in [0.1, 0.15) is 6.29 Å². The van der Waals surface area contributed by atoms with Crippen LogP contribution in [0.3, 0.4) is 0 Å². The van der Waals surface area contributed by atoms with Crippen LogP contribution in [0.5, 0.6) is 0 Å². The van der Waals surface area contributed by atoms with Gasteiger partial charge in [-0.3, -0.25) is 25.8 Å². The highest BCUT2D eigenvalue weighted by Crippen LogP contribution is 2.23. The van der Waals surface area contributed by atoms with Crippen LogP contribution in [0.15, 0.2) is 24.3 Å². The molecule has 1 aromatic rings. The molecule has 4 unspecified atom stereocenters. The Balaban J connectivity index is 1.50. The Hall–Kier alpha value is -1.71. The second-order valence-corrected chi connectivity index (χ2v) is 7.98. The molecular weight excluding hydrogens is 356 g/mol. The fraction of sp³-hybridized carbons (Fsp3) is 0.650. The largest absolute Gasteiger partial charge is 0.396 e. The van der Waals surface area contributed by atoms with Gasteiger partial charge in [0.25, 0.3) is 0 Å². The fourth-order valence-electron chi connectivity index (χ4n) is 4.48. The topological polar surface area (TPSA) is 101 Å². The number of hydrazine groups is 1. The Morgan fingerprint density at radius 2 is 1.82 bits per heavy atom. The second-order valence-electron chi connectivity index (χ2n) is 7.98. The summed E-state index contributed by atoms with van der Waals surface area (Å²) in [5.74, 6) is -0.207. The number of anilines is 1. The number of nitrogens with zero attached hydrogens (tertiary/aromatic N) is 1. The lowest BCUT2D eigenvalue weighted by atomic mass is 9.91. The van der Waals surface area contributed by atoms with E-state index in [4.69, 9.17) is 5.11 Å². The number of benzene rings is 1. The summed E-state index contributed by atoms with van der Waals surface area (Å²) >= 11 is 0. The number of carbonyl (C=O) groups is 1. The highest BCUT2D eigenvalue weighted by Gasteiger charge is 2.44. The Morgan fingerprint density at radius 1 is 1.07 bits per heavy atom. The smallest absolute Gasteiger partial charge is 0.242 e. The SMILES string of the molecule is O=C1NNCC2NC(N3CCCCCC3)NC(Nc3ccc(CCO)cc3)C12. The van der Waals surface area contributed by atoms with E-state index >= 15 is 0 Å². The number of hydrogen-bond donors (Lipinski definition) is 6. The Morgan fingerprint density at radius 3 is 2.54 bits per heavy atom. The van der Waals surface area contributed by atoms with Crippen molar-refractivity contribution < 1.29 is 9.90 Å². The molecule has 3 aliphatic rings. The fourth-order valence-corrected chi connectivity index (χ4v) is 4.48. The number of rotatable bonds is 5. The van der Waals surface area contributed by atoms with Crippen molar-refractivity contribution >= 4 is 11.6 Å². The molecule has 3 heterocycles. The maximum absolute atomic E-state index is 12.6. The molecule has 0 bridgehead atoms. The summed E-state index contributed by atoms with van der Waals surface area (Å²) in [6, 6.07) is 8.14. The first-order chi connectivity index (χ1) is 13.7. The second kappa shape index (κ2) is 9.19. The Labute approximate surface area is 166 Å². The van der Waals surface area contributed by atoms with E-state index in [0.717, 1.165) is 24.3 Å². The van der Waals surface area contributed by atoms with Gasteiger partial charge in [-0.25, -0.2) is 5.43 Å². The van der Waals surface area contributed by atoms with E-state index in [2.05, 4.69) is 31.7 Å². The average Bonchev–Trinajstić information content (AvgIpc) is 2.99. The lowest BCUT2D eigenvalue weighted by Gasteiger charge is -2.48. The minimum atomic E-state index is -0.207. The molecule has 6 N–H and O–H groups in total. The number of aliphatic hydroxyl groups excluding tert-OH is 1. The summed E-state index contributed by atoms with van der Waals surface area (Å²) in [7, 11) is 0. The number of fused-ring (bicyclic) bond motifs is 1. The molecule has 0 saturated carbocycles. The van der Waals surface area contributed by atoms with Gasteiger partial charge in [-0.15, -0.1) is 0 Å². The van der Waals surface area contributed by atoms with E-state index in [1.807, 2.05) is 24.3 Å². The number of carbonyl (C=O) groups excluding carboxylic acids is 1. The predicted octanol–water partition coefficient (Wildman–Crippen LogP) is -0.0690. The monoisotopic (exact) mass is 388 g/mol. The lowest BCUT2D eigenvalue weighted by molar-refractivity contribution is -0.132. The number of likely N-dealkylation sites (tertiary alicyclic amines) is 1. The van der Waals surface area contributed by atoms with Crippen molar-refractivity contribution in [1.82, 2.24) is 26.4 Å². The molecule has 1 aromatic carbocycles. The minimum Gasteiger partial charge on any atom is -0.396 e. The van der Waals surface area contributed by atoms with Crippen LogP contribution in [0, 0.1) is 5.92 Å². The molecule has 3 aliphatic heterocycles. The first kappa shape index (κ1) is 19.6. The highest BCUT2D eigenvalue weighted by atomic mass is 16.3. The first-order valence-electron chi connectivity index (χ1n) is 10.5. The quantitative estimate of drug-likeness (QED) is 0.420. The summed E-state index contributed by atoms with van der Waals surface area (Å²) < 4.78 is 0. The molecule has 0 aromatic heterocycles. The number of nitrogens with one attached hydrogen (secondary N) is 5. The van der Waals surface area contributed by atoms with Crippen LogP contribution < -0.4 is 26.8 Å². The maximum atomic E-state index is 12.6. The molecular formula is C20H32N6O2. The third kappa shape index (κ3) is 4.47. The van der Waals surface area contributed by atoms with E-state index in [1.165, 1.54) is 25.7 Å². The summed E-state index contributed by atoms with van der Waals surface area (Å²) in [5, 5.41) is 19.9. The van der Waals surface area contributed by atoms with Gasteiger partial charge in [-0.2, -0.15) is 0 Å². The first-order valence-corrected chi connectivity index (χ1v) is 10.5. The van der Waals surface area contributed by atoms with Gasteiger partial charge >= 0.3 is 0 Å². The maximum Gasteiger partial charge on any atom is 0.242 e. The molecule has 4 rings (SSSR count). The van der Waals surface area contributed by atoms with E-state index < -0.39 is 0 Å². The zero-order valence-electron chi connectivity index (χ0n) is 16.3. The zero-order chi connectivity index (χ0) is 19.3. The number of aliphatic hydroxyl groups is 1. The van der Waals surface area contributed by atoms with Gasteiger partial charge in [-0.05, 0) is 37.0 Å². The van der Waals surface area contributed by atoms with Crippen LogP contribution in [0.2, 0.25) is 0 Å². The average molecular weight is 389 g/mol. The molecule has 0 radical (unpaired) electrons. The number of hydrogen-bond acceptors (Lipinski definition) is 7. The molecule has 0 spiro atoms. The van der Waals surface area contributed by atoms with E-state index in [-0.39, 0.29) is 36.9 Å². The van der Waals surface area contributed by atoms with Crippen molar-refractivity contribution in [3.63, 3.8) is 0 Å². The van der Waals surface area contributed by atoms with Crippen molar-refractivity contribution in [3.05, 3.63) is 29.8 Å². The summed E-state index contributed by atoms with van der Waals surface area (Å²) in [5.41, 5.74) is 7.87. The summed E-state index contributed by atoms with van der Waals surface area (Å²) in [6.45, 7) is 3.00. The molecule has 3 fully saturated rings. The van der Waals surface area contributed by atoms with Crippen molar-refractivity contribution in [1.29, 1.82) is 0 Å². The van der Waals surface area contributed by atoms with Crippen LogP contribution >= 0.6 is 0 Å². The van der Waals surface area contributed by atoms with E-state index in [0.29, 0.717) is 13.0 Å². The zero-order valence-corrected chi connectivity index (χ0v) is 16.3. The Kier molecular flexibility index (Phi) is 6.43. The molecule has 8 nitrogen and oxygen atoms in total. The third-order valence-corrected chi connectivity index (χ3v) is 6.02. The van der Waals surface area contributed by atoms with Crippen LogP contribution in [-0.2, 0) is 11.2 Å². The molecule has 3 saturated heterocycles. The summed E-state index contributed by atoms with van der Waals surface area (Å²) in [4.78, 5) is 15.0. The predicted molar refractivity (Wildman–Crippen MR) is 108 cm³/mol. The van der Waals surface area contributed by atoms with E-state index in [1.54, 1.807) is 0 Å². The number of amides is 1. The molecule has 28 heavy (non-hydrogen) atoms. The van der Waals surface area contributed by atoms with Gasteiger partial charge in [-0.1, -0.05) is 25.0 Å². The van der Waals surface area contributed by atoms with Crippen LogP contribution in [0.25, 0.3) is 0 Å². The van der Waals surface area contributed by atoms with Crippen LogP contribution in [0.4, 0.5) is 5.69 Å². The van der Waals surface area contributed by atoms with Gasteiger partial charge in [0, 0.05) is 38.0 Å². The molecule has 0 aliphatic carbocycles. The molecule has 4 atom stereocenters. The van der Waals surface area contributed by atoms with Crippen molar-refractivity contribution in [2.24, 2.45) is 5.92 Å². The van der Waals surface area contributed by atoms with Crippen molar-refractivity contribution in [2.45, 2.75) is 50.6 Å². The Bertz CT molecular complexity index is 647. The van der Waals surface area contributed by atoms with Crippen LogP contribution in [0.1, 0.15) is 31.2 Å². The van der Waals surface area contributed by atoms with Crippen LogP contribution in [-0.4, -0.2) is 60.7 Å². The van der Waals surface area contributed by atoms with Gasteiger partial charge < -0.3 is 10.4 Å². The van der Waals surface area contributed by atoms with Crippen molar-refractivity contribution in [2.75, 3.05) is 31.6 Å². The van der Waals surface area contributed by atoms with Gasteiger partial charge in [0.2, 0.25) is 5.91 Å². The van der Waals surface area contributed by atoms with E-state index in [9.17, 15) is 4.79 Å². The molecule has 154 valence electrons. The third-order valence-electron chi connectivity index (χ3n) is 6.02. The highest BCUT2D eigenvalue weighted by molar-refractivity contribution is 5.81. The van der Waals surface area contributed by atoms with Gasteiger partial charge in [0.15, 0.2) is 0 Å². The molecule has 8 heteroatoms. The van der Waals surface area contributed by atoms with Gasteiger partial charge in [0.05, 0.1) is 12.1 Å². The molecule has 1 amide bonds. The lowest BCUT2D eigenvalue weighted by Crippen LogP contribution is -2.76. The standard InChI is InChI=1S/C20H32N6O2/c27-12-9-14-5-7-15(8-6-14)22-18-17-16(13-21-25-19(17)28)23-20(24-18)26-10-3-1-2-4-11-26/h5-8,16-18,20-24,27H,1-4,9-13H2,(H,25,28). The minimum absolute atomic E-state index is 0.0000305. The van der Waals surface area contributed by atoms with Crippen molar-refractivity contribution in [3.8, 4) is 0 Å². The summed E-state index contributed by atoms with van der Waals surface area (Å²) in [6.07, 6.45) is 5.57.